The number of fused-ring (bicyclic) bond motifs is 1. The minimum atomic E-state index is -3.80. The molecule has 0 bridgehead atoms. The number of hydrogen-bond donors (Lipinski definition) is 1. The first-order chi connectivity index (χ1) is 12.3. The molecule has 0 saturated heterocycles. The number of nitrogens with zero attached hydrogens (tertiary/aromatic N) is 4. The minimum Gasteiger partial charge on any atom is -0.395 e. The molecule has 2 heterocycles. The quantitative estimate of drug-likeness (QED) is 0.710. The molecular weight excluding hydrogens is 352 g/mol. The van der Waals surface area contributed by atoms with Gasteiger partial charge in [-0.1, -0.05) is 29.8 Å². The van der Waals surface area contributed by atoms with Gasteiger partial charge in [0.1, 0.15) is 4.90 Å². The van der Waals surface area contributed by atoms with Gasteiger partial charge in [-0.2, -0.15) is 9.40 Å². The van der Waals surface area contributed by atoms with Crippen molar-refractivity contribution >= 4 is 21.1 Å². The third kappa shape index (κ3) is 3.48. The predicted molar refractivity (Wildman–Crippen MR) is 99.1 cm³/mol. The van der Waals surface area contributed by atoms with E-state index in [9.17, 15) is 13.5 Å². The summed E-state index contributed by atoms with van der Waals surface area (Å²) in [5.74, 6) is 0. The Labute approximate surface area is 153 Å². The summed E-state index contributed by atoms with van der Waals surface area (Å²) in [6.07, 6.45) is 1.35. The molecule has 0 unspecified atom stereocenters. The van der Waals surface area contributed by atoms with Crippen LogP contribution in [0.4, 0.5) is 0 Å². The molecule has 1 N–H and O–H groups in total. The summed E-state index contributed by atoms with van der Waals surface area (Å²) >= 11 is 0. The Balaban J connectivity index is 1.99. The van der Waals surface area contributed by atoms with E-state index in [-0.39, 0.29) is 24.6 Å². The van der Waals surface area contributed by atoms with Crippen molar-refractivity contribution in [1.82, 2.24) is 19.1 Å². The van der Waals surface area contributed by atoms with Gasteiger partial charge in [-0.05, 0) is 25.5 Å². The monoisotopic (exact) mass is 374 g/mol. The highest BCUT2D eigenvalue weighted by atomic mass is 32.2. The number of aryl methyl sites for hydroxylation is 3. The Morgan fingerprint density at radius 3 is 2.54 bits per heavy atom. The Morgan fingerprint density at radius 1 is 1.19 bits per heavy atom. The normalized spacial score (nSPS) is 12.2. The first kappa shape index (κ1) is 18.5. The third-order valence-electron chi connectivity index (χ3n) is 4.30. The largest absolute Gasteiger partial charge is 0.395 e. The van der Waals surface area contributed by atoms with E-state index in [0.717, 1.165) is 16.8 Å². The van der Waals surface area contributed by atoms with E-state index in [0.29, 0.717) is 11.0 Å². The Hall–Kier alpha value is -2.29. The molecule has 0 fully saturated rings. The highest BCUT2D eigenvalue weighted by Crippen LogP contribution is 2.23. The molecule has 0 spiro atoms. The summed E-state index contributed by atoms with van der Waals surface area (Å²) in [7, 11) is -2.03. The summed E-state index contributed by atoms with van der Waals surface area (Å²) in [6.45, 7) is 3.74. The zero-order chi connectivity index (χ0) is 18.9. The average molecular weight is 374 g/mol. The molecule has 0 atom stereocenters. The molecule has 0 amide bonds. The van der Waals surface area contributed by atoms with E-state index in [4.69, 9.17) is 0 Å². The number of aliphatic hydroxyl groups is 1. The molecule has 138 valence electrons. The van der Waals surface area contributed by atoms with Crippen molar-refractivity contribution in [2.24, 2.45) is 7.05 Å². The molecule has 1 aromatic carbocycles. The summed E-state index contributed by atoms with van der Waals surface area (Å²) in [4.78, 5) is 4.36. The number of rotatable bonds is 6. The van der Waals surface area contributed by atoms with Crippen molar-refractivity contribution in [1.29, 1.82) is 0 Å². The second-order valence-electron chi connectivity index (χ2n) is 6.30. The number of aliphatic hydroxyl groups excluding tert-OH is 1. The first-order valence-electron chi connectivity index (χ1n) is 8.29. The fraction of sp³-hybridized carbons (Fsp3) is 0.333. The topological polar surface area (TPSA) is 88.3 Å². The van der Waals surface area contributed by atoms with Crippen LogP contribution in [0.2, 0.25) is 0 Å². The van der Waals surface area contributed by atoms with Crippen LogP contribution in [0, 0.1) is 13.8 Å². The molecule has 0 aliphatic heterocycles. The molecular formula is C18H22N4O3S. The Bertz CT molecular complexity index is 1030. The minimum absolute atomic E-state index is 0.0142. The lowest BCUT2D eigenvalue weighted by molar-refractivity contribution is 0.251. The van der Waals surface area contributed by atoms with Crippen LogP contribution >= 0.6 is 0 Å². The smallest absolute Gasteiger partial charge is 0.245 e. The van der Waals surface area contributed by atoms with Crippen LogP contribution in [0.1, 0.15) is 16.8 Å². The van der Waals surface area contributed by atoms with Crippen molar-refractivity contribution in [3.05, 3.63) is 53.3 Å². The van der Waals surface area contributed by atoms with Crippen LogP contribution in [0.3, 0.4) is 0 Å². The second-order valence-corrected chi connectivity index (χ2v) is 8.24. The molecule has 0 aliphatic carbocycles. The number of sulfonamides is 1. The van der Waals surface area contributed by atoms with Gasteiger partial charge in [-0.3, -0.25) is 4.68 Å². The van der Waals surface area contributed by atoms with E-state index < -0.39 is 10.0 Å². The maximum atomic E-state index is 13.1. The van der Waals surface area contributed by atoms with E-state index in [1.165, 1.54) is 10.5 Å². The SMILES string of the molecule is Cc1ccc(CN(CCO)S(=O)(=O)c2cnc3c(c2)c(C)nn3C)cc1. The number of hydrogen-bond acceptors (Lipinski definition) is 5. The van der Waals surface area contributed by atoms with Crippen LogP contribution in [0.25, 0.3) is 11.0 Å². The summed E-state index contributed by atoms with van der Waals surface area (Å²) in [5.41, 5.74) is 3.32. The number of pyridine rings is 1. The molecule has 0 aliphatic rings. The highest BCUT2D eigenvalue weighted by Gasteiger charge is 2.25. The first-order valence-corrected chi connectivity index (χ1v) is 9.73. The van der Waals surface area contributed by atoms with Crippen molar-refractivity contribution in [2.45, 2.75) is 25.3 Å². The Morgan fingerprint density at radius 2 is 1.88 bits per heavy atom. The highest BCUT2D eigenvalue weighted by molar-refractivity contribution is 7.89. The van der Waals surface area contributed by atoms with Crippen LogP contribution in [-0.2, 0) is 23.6 Å². The lowest BCUT2D eigenvalue weighted by Crippen LogP contribution is -2.33. The molecule has 26 heavy (non-hydrogen) atoms. The molecule has 0 radical (unpaired) electrons. The summed E-state index contributed by atoms with van der Waals surface area (Å²) < 4.78 is 29.1. The molecule has 2 aromatic heterocycles. The predicted octanol–water partition coefficient (Wildman–Crippen LogP) is 1.77. The Kier molecular flexibility index (Phi) is 5.08. The molecule has 8 heteroatoms. The lowest BCUT2D eigenvalue weighted by Gasteiger charge is -2.21. The van der Waals surface area contributed by atoms with Crippen LogP contribution in [0.15, 0.2) is 41.4 Å². The van der Waals surface area contributed by atoms with Gasteiger partial charge in [0.25, 0.3) is 0 Å². The third-order valence-corrected chi connectivity index (χ3v) is 6.12. The van der Waals surface area contributed by atoms with Crippen LogP contribution in [-0.4, -0.2) is 45.7 Å². The number of aromatic nitrogens is 3. The van der Waals surface area contributed by atoms with Crippen molar-refractivity contribution in [3.63, 3.8) is 0 Å². The van der Waals surface area contributed by atoms with E-state index in [2.05, 4.69) is 10.1 Å². The molecule has 3 aromatic rings. The fourth-order valence-electron chi connectivity index (χ4n) is 2.87. The van der Waals surface area contributed by atoms with Crippen LogP contribution < -0.4 is 0 Å². The van der Waals surface area contributed by atoms with Crippen LogP contribution in [0.5, 0.6) is 0 Å². The van der Waals surface area contributed by atoms with E-state index in [1.54, 1.807) is 17.8 Å². The maximum absolute atomic E-state index is 13.1. The van der Waals surface area contributed by atoms with Crippen molar-refractivity contribution in [3.8, 4) is 0 Å². The lowest BCUT2D eigenvalue weighted by atomic mass is 10.1. The van der Waals surface area contributed by atoms with Gasteiger partial charge >= 0.3 is 0 Å². The van der Waals surface area contributed by atoms with Gasteiger partial charge < -0.3 is 5.11 Å². The number of benzene rings is 1. The van der Waals surface area contributed by atoms with E-state index in [1.807, 2.05) is 38.1 Å². The zero-order valence-corrected chi connectivity index (χ0v) is 15.9. The zero-order valence-electron chi connectivity index (χ0n) is 15.0. The van der Waals surface area contributed by atoms with Gasteiger partial charge in [0.05, 0.1) is 12.3 Å². The second kappa shape index (κ2) is 7.14. The maximum Gasteiger partial charge on any atom is 0.245 e. The molecule has 0 saturated carbocycles. The van der Waals surface area contributed by atoms with Gasteiger partial charge in [-0.15, -0.1) is 0 Å². The average Bonchev–Trinajstić information content (AvgIpc) is 2.90. The standard InChI is InChI=1S/C18H22N4O3S/c1-13-4-6-15(7-5-13)12-22(8-9-23)26(24,25)16-10-17-14(2)20-21(3)18(17)19-11-16/h4-7,10-11,23H,8-9,12H2,1-3H3. The van der Waals surface area contributed by atoms with Crippen molar-refractivity contribution in [2.75, 3.05) is 13.2 Å². The van der Waals surface area contributed by atoms with Gasteiger partial charge in [0.15, 0.2) is 5.65 Å². The van der Waals surface area contributed by atoms with E-state index >= 15 is 0 Å². The van der Waals surface area contributed by atoms with Crippen molar-refractivity contribution < 1.29 is 13.5 Å². The summed E-state index contributed by atoms with van der Waals surface area (Å²) in [5, 5.41) is 14.3. The van der Waals surface area contributed by atoms with Gasteiger partial charge in [-0.25, -0.2) is 13.4 Å². The molecule has 7 nitrogen and oxygen atoms in total. The van der Waals surface area contributed by atoms with Gasteiger partial charge in [0, 0.05) is 31.7 Å². The fourth-order valence-corrected chi connectivity index (χ4v) is 4.26. The molecule has 3 rings (SSSR count). The van der Waals surface area contributed by atoms with Gasteiger partial charge in [0.2, 0.25) is 10.0 Å². The summed E-state index contributed by atoms with van der Waals surface area (Å²) in [6, 6.07) is 9.25.